The van der Waals surface area contributed by atoms with Gasteiger partial charge in [-0.05, 0) is 105 Å². The van der Waals surface area contributed by atoms with Crippen LogP contribution >= 0.6 is 31.9 Å². The Labute approximate surface area is 311 Å². The van der Waals surface area contributed by atoms with E-state index < -0.39 is 0 Å². The van der Waals surface area contributed by atoms with Gasteiger partial charge in [-0.15, -0.1) is 0 Å². The van der Waals surface area contributed by atoms with Crippen LogP contribution in [0.5, 0.6) is 11.5 Å². The lowest BCUT2D eigenvalue weighted by molar-refractivity contribution is -0.127. The van der Waals surface area contributed by atoms with Gasteiger partial charge in [-0.3, -0.25) is 19.0 Å². The molecule has 2 spiro atoms. The van der Waals surface area contributed by atoms with Gasteiger partial charge < -0.3 is 19.3 Å². The lowest BCUT2D eigenvalue weighted by Crippen LogP contribution is -2.35. The molecule has 2 saturated heterocycles. The average Bonchev–Trinajstić information content (AvgIpc) is 3.80. The molecule has 50 heavy (non-hydrogen) atoms. The fourth-order valence-electron chi connectivity index (χ4n) is 9.66. The topological polar surface area (TPSA) is 94.7 Å². The van der Waals surface area contributed by atoms with Crippen molar-refractivity contribution < 1.29 is 19.1 Å². The Hall–Kier alpha value is -3.12. The number of nitrogens with zero attached hydrogens (tertiary/aromatic N) is 6. The fourth-order valence-corrected chi connectivity index (χ4v) is 10.7. The number of rotatable bonds is 4. The molecule has 0 bridgehead atoms. The lowest BCUT2D eigenvalue weighted by Gasteiger charge is -2.40. The molecule has 12 heteroatoms. The number of amides is 2. The molecule has 0 N–H and O–H groups in total. The van der Waals surface area contributed by atoms with Crippen molar-refractivity contribution in [2.24, 2.45) is 22.7 Å². The van der Waals surface area contributed by atoms with E-state index in [9.17, 15) is 9.59 Å². The Morgan fingerprint density at radius 1 is 0.700 bits per heavy atom. The zero-order valence-corrected chi connectivity index (χ0v) is 33.1. The van der Waals surface area contributed by atoms with Crippen LogP contribution in [0.3, 0.4) is 0 Å². The molecule has 268 valence electrons. The zero-order valence-electron chi connectivity index (χ0n) is 29.9. The molecule has 4 heterocycles. The molecule has 2 saturated carbocycles. The molecule has 2 aromatic heterocycles. The third kappa shape index (κ3) is 6.55. The summed E-state index contributed by atoms with van der Waals surface area (Å²) in [7, 11) is 7.20. The van der Waals surface area contributed by atoms with Crippen molar-refractivity contribution in [2.45, 2.75) is 77.3 Å². The first-order valence-corrected chi connectivity index (χ1v) is 19.3. The van der Waals surface area contributed by atoms with E-state index in [1.165, 1.54) is 0 Å². The van der Waals surface area contributed by atoms with Crippen molar-refractivity contribution in [3.8, 4) is 11.5 Å². The summed E-state index contributed by atoms with van der Waals surface area (Å²) in [5.41, 5.74) is 2.29. The maximum Gasteiger partial charge on any atom is 0.222 e. The predicted octanol–water partition coefficient (Wildman–Crippen LogP) is 8.03. The highest BCUT2D eigenvalue weighted by Gasteiger charge is 2.48. The summed E-state index contributed by atoms with van der Waals surface area (Å²) < 4.78 is 16.9. The second-order valence-corrected chi connectivity index (χ2v) is 17.4. The number of benzene rings is 2. The third-order valence-electron chi connectivity index (χ3n) is 12.1. The largest absolute Gasteiger partial charge is 0.495 e. The standard InChI is InChI=1S/2C19H24BrN3O2/c2*1-12-8-19(9-18(24)22(2)11-19)5-4-16(12)23-10-13-6-14(20)17(25-3)7-15(13)21-23/h2*6-7,10,12,16H,4-5,8-9,11H2,1-3H3/t12-,16-,19+;12-,16-,19-/m01/s1. The van der Waals surface area contributed by atoms with Crippen molar-refractivity contribution >= 4 is 65.5 Å². The summed E-state index contributed by atoms with van der Waals surface area (Å²) >= 11 is 7.10. The zero-order chi connectivity index (χ0) is 35.5. The normalized spacial score (nSPS) is 29.8. The minimum Gasteiger partial charge on any atom is -0.495 e. The molecule has 4 aromatic rings. The number of carbonyl (C=O) groups is 2. The minimum atomic E-state index is 0.181. The van der Waals surface area contributed by atoms with Gasteiger partial charge in [-0.25, -0.2) is 0 Å². The maximum absolute atomic E-state index is 12.0. The van der Waals surface area contributed by atoms with Gasteiger partial charge in [-0.2, -0.15) is 10.2 Å². The summed E-state index contributed by atoms with van der Waals surface area (Å²) in [5, 5.41) is 11.9. The summed E-state index contributed by atoms with van der Waals surface area (Å²) in [4.78, 5) is 27.8. The van der Waals surface area contributed by atoms with E-state index in [0.29, 0.717) is 48.6 Å². The van der Waals surface area contributed by atoms with Crippen LogP contribution in [0, 0.1) is 22.7 Å². The van der Waals surface area contributed by atoms with Crippen molar-refractivity contribution in [3.05, 3.63) is 45.6 Å². The van der Waals surface area contributed by atoms with Crippen LogP contribution in [0.4, 0.5) is 0 Å². The third-order valence-corrected chi connectivity index (χ3v) is 13.3. The molecular weight excluding hydrogens is 764 g/mol. The molecule has 2 aliphatic carbocycles. The molecule has 2 amide bonds. The Kier molecular flexibility index (Phi) is 9.50. The highest BCUT2D eigenvalue weighted by Crippen LogP contribution is 2.51. The highest BCUT2D eigenvalue weighted by molar-refractivity contribution is 9.11. The van der Waals surface area contributed by atoms with E-state index >= 15 is 0 Å². The van der Waals surface area contributed by atoms with E-state index in [-0.39, 0.29) is 10.8 Å². The van der Waals surface area contributed by atoms with Gasteiger partial charge in [0.15, 0.2) is 0 Å². The van der Waals surface area contributed by atoms with Crippen molar-refractivity contribution in [1.82, 2.24) is 29.4 Å². The number of methoxy groups -OCH3 is 2. The van der Waals surface area contributed by atoms with Crippen LogP contribution < -0.4 is 9.47 Å². The van der Waals surface area contributed by atoms with Crippen LogP contribution in [0.1, 0.15) is 77.3 Å². The minimum absolute atomic E-state index is 0.181. The summed E-state index contributed by atoms with van der Waals surface area (Å²) in [6, 6.07) is 8.88. The van der Waals surface area contributed by atoms with Crippen LogP contribution in [0.15, 0.2) is 45.6 Å². The van der Waals surface area contributed by atoms with Crippen molar-refractivity contribution in [1.29, 1.82) is 0 Å². The van der Waals surface area contributed by atoms with Crippen molar-refractivity contribution in [3.63, 3.8) is 0 Å². The molecule has 10 nitrogen and oxygen atoms in total. The SMILES string of the molecule is COc1cc2nn([C@@H]3CC[C@]4(CC(=O)N(C)C4)C[C@H]3C)cc2cc1Br.COc1cc2nn([C@H]3CC[C@]4(CC(=O)N(C)C4)C[C@@H]3C)cc2cc1Br. The highest BCUT2D eigenvalue weighted by atomic mass is 79.9. The quantitative estimate of drug-likeness (QED) is 0.207. The Bertz CT molecular complexity index is 1800. The predicted molar refractivity (Wildman–Crippen MR) is 201 cm³/mol. The number of likely N-dealkylation sites (tertiary alicyclic amines) is 2. The molecular formula is C38H48Br2N6O4. The average molecular weight is 813 g/mol. The molecule has 8 rings (SSSR count). The molecule has 6 atom stereocenters. The molecule has 0 radical (unpaired) electrons. The van der Waals surface area contributed by atoms with Crippen molar-refractivity contribution in [2.75, 3.05) is 41.4 Å². The first-order chi connectivity index (χ1) is 23.8. The number of hydrogen-bond donors (Lipinski definition) is 0. The second-order valence-electron chi connectivity index (χ2n) is 15.7. The maximum atomic E-state index is 12.0. The van der Waals surface area contributed by atoms with Crippen LogP contribution in [-0.4, -0.2) is 82.6 Å². The van der Waals surface area contributed by atoms with Crippen LogP contribution in [-0.2, 0) is 9.59 Å². The first-order valence-electron chi connectivity index (χ1n) is 17.7. The summed E-state index contributed by atoms with van der Waals surface area (Å²) in [6.45, 7) is 6.43. The lowest BCUT2D eigenvalue weighted by atomic mass is 9.67. The number of halogens is 2. The van der Waals surface area contributed by atoms with Crippen LogP contribution in [0.25, 0.3) is 21.8 Å². The number of ether oxygens (including phenoxy) is 2. The Balaban J connectivity index is 0.000000157. The van der Waals surface area contributed by atoms with Gasteiger partial charge >= 0.3 is 0 Å². The van der Waals surface area contributed by atoms with Gasteiger partial charge in [0.25, 0.3) is 0 Å². The van der Waals surface area contributed by atoms with E-state index in [1.54, 1.807) is 14.2 Å². The molecule has 2 aromatic carbocycles. The van der Waals surface area contributed by atoms with Gasteiger partial charge in [-0.1, -0.05) is 13.8 Å². The number of hydrogen-bond acceptors (Lipinski definition) is 6. The Morgan fingerprint density at radius 3 is 1.42 bits per heavy atom. The van der Waals surface area contributed by atoms with E-state index in [2.05, 4.69) is 79.6 Å². The molecule has 4 aliphatic rings. The van der Waals surface area contributed by atoms with Gasteiger partial charge in [0.2, 0.25) is 11.8 Å². The Morgan fingerprint density at radius 2 is 1.10 bits per heavy atom. The van der Waals surface area contributed by atoms with E-state index in [4.69, 9.17) is 19.7 Å². The van der Waals surface area contributed by atoms with Gasteiger partial charge in [0.05, 0.1) is 46.3 Å². The summed E-state index contributed by atoms with van der Waals surface area (Å²) in [5.74, 6) is 3.22. The number of aromatic nitrogens is 4. The van der Waals surface area contributed by atoms with Crippen LogP contribution in [0.2, 0.25) is 0 Å². The fraction of sp³-hybridized carbons (Fsp3) is 0.579. The monoisotopic (exact) mass is 810 g/mol. The summed E-state index contributed by atoms with van der Waals surface area (Å²) in [6.07, 6.45) is 12.3. The van der Waals surface area contributed by atoms with E-state index in [0.717, 1.165) is 93.9 Å². The number of carbonyl (C=O) groups excluding carboxylic acids is 2. The number of fused-ring (bicyclic) bond motifs is 2. The van der Waals surface area contributed by atoms with E-state index in [1.807, 2.05) is 36.0 Å². The first kappa shape index (κ1) is 35.3. The smallest absolute Gasteiger partial charge is 0.222 e. The van der Waals surface area contributed by atoms with Gasteiger partial charge in [0, 0.05) is 75.3 Å². The molecule has 4 fully saturated rings. The second kappa shape index (κ2) is 13.5. The molecule has 0 unspecified atom stereocenters. The molecule has 2 aliphatic heterocycles. The van der Waals surface area contributed by atoms with Gasteiger partial charge in [0.1, 0.15) is 11.5 Å².